The fraction of sp³-hybridized carbons (Fsp3) is 0.310. The van der Waals surface area contributed by atoms with Gasteiger partial charge in [0.2, 0.25) is 0 Å². The number of pyridine rings is 1. The number of nitrogens with one attached hydrogen (secondary N) is 1. The van der Waals surface area contributed by atoms with E-state index in [-0.39, 0.29) is 12.5 Å². The first-order valence-corrected chi connectivity index (χ1v) is 14.6. The monoisotopic (exact) mass is 573 g/mol. The van der Waals surface area contributed by atoms with E-state index in [1.54, 1.807) is 41.9 Å². The SMILES string of the molecule is CC.CNC(=O)c1c(-c2ccc(F)cc2)oc2cc(N(C)S(C)=O)c(-c3ccc(CCCCO)c(Cl)n3)cc12. The number of aliphatic hydroxyl groups is 1. The van der Waals surface area contributed by atoms with Gasteiger partial charge in [0.25, 0.3) is 5.91 Å². The third-order valence-corrected chi connectivity index (χ3v) is 7.44. The van der Waals surface area contributed by atoms with Crippen molar-refractivity contribution < 1.29 is 22.9 Å². The number of amides is 1. The molecule has 2 heterocycles. The Labute approximate surface area is 235 Å². The molecule has 0 aliphatic rings. The van der Waals surface area contributed by atoms with Gasteiger partial charge >= 0.3 is 0 Å². The maximum absolute atomic E-state index is 13.6. The molecule has 208 valence electrons. The summed E-state index contributed by atoms with van der Waals surface area (Å²) in [6.07, 6.45) is 3.69. The lowest BCUT2D eigenvalue weighted by molar-refractivity contribution is 0.0964. The lowest BCUT2D eigenvalue weighted by Gasteiger charge is -2.20. The molecule has 2 aromatic carbocycles. The topological polar surface area (TPSA) is 95.7 Å². The Hall–Kier alpha value is -3.27. The van der Waals surface area contributed by atoms with Crippen LogP contribution in [0.1, 0.15) is 42.6 Å². The highest BCUT2D eigenvalue weighted by atomic mass is 35.5. The van der Waals surface area contributed by atoms with Crippen LogP contribution in [0.25, 0.3) is 33.6 Å². The van der Waals surface area contributed by atoms with E-state index < -0.39 is 16.8 Å². The van der Waals surface area contributed by atoms with E-state index in [0.717, 1.165) is 12.0 Å². The molecule has 2 N–H and O–H groups in total. The number of fused-ring (bicyclic) bond motifs is 1. The van der Waals surface area contributed by atoms with Crippen LogP contribution < -0.4 is 9.62 Å². The highest BCUT2D eigenvalue weighted by molar-refractivity contribution is 7.85. The van der Waals surface area contributed by atoms with Crippen molar-refractivity contribution in [1.82, 2.24) is 10.3 Å². The largest absolute Gasteiger partial charge is 0.455 e. The summed E-state index contributed by atoms with van der Waals surface area (Å²) < 4.78 is 33.7. The summed E-state index contributed by atoms with van der Waals surface area (Å²) >= 11 is 6.51. The van der Waals surface area contributed by atoms with E-state index in [1.165, 1.54) is 19.2 Å². The number of halogens is 2. The van der Waals surface area contributed by atoms with Crippen molar-refractivity contribution in [2.75, 3.05) is 31.3 Å². The number of anilines is 1. The summed E-state index contributed by atoms with van der Waals surface area (Å²) in [7, 11) is 1.85. The van der Waals surface area contributed by atoms with Gasteiger partial charge in [0, 0.05) is 49.5 Å². The zero-order valence-electron chi connectivity index (χ0n) is 22.7. The quantitative estimate of drug-likeness (QED) is 0.179. The summed E-state index contributed by atoms with van der Waals surface area (Å²) in [6.45, 7) is 4.12. The van der Waals surface area contributed by atoms with Gasteiger partial charge in [-0.25, -0.2) is 13.6 Å². The number of hydrogen-bond acceptors (Lipinski definition) is 5. The standard InChI is InChI=1S/C27H27ClFN3O4S.C2H6/c1-30-27(34)24-20-14-19(21-12-9-17(26(28)31-21)6-4-5-13-33)22(32(2)37(3)35)15-23(20)36-25(24)16-7-10-18(29)11-8-16;1-2/h7-12,14-15,33H,4-6,13H2,1-3H3,(H,30,34);1-2H3. The highest BCUT2D eigenvalue weighted by Crippen LogP contribution is 2.41. The lowest BCUT2D eigenvalue weighted by atomic mass is 10.00. The molecule has 0 spiro atoms. The van der Waals surface area contributed by atoms with Crippen LogP contribution in [0.15, 0.2) is 52.9 Å². The van der Waals surface area contributed by atoms with Crippen LogP contribution in [0.3, 0.4) is 0 Å². The third kappa shape index (κ3) is 6.66. The summed E-state index contributed by atoms with van der Waals surface area (Å²) in [5.74, 6) is -0.474. The molecular weight excluding hydrogens is 541 g/mol. The average Bonchev–Trinajstić information content (AvgIpc) is 3.32. The Balaban J connectivity index is 0.00000205. The van der Waals surface area contributed by atoms with Crippen molar-refractivity contribution in [2.45, 2.75) is 33.1 Å². The number of aryl methyl sites for hydroxylation is 1. The summed E-state index contributed by atoms with van der Waals surface area (Å²) in [5.41, 5.74) is 3.84. The second-order valence-electron chi connectivity index (χ2n) is 8.51. The first kappa shape index (κ1) is 30.3. The molecule has 0 aliphatic carbocycles. The number of aromatic nitrogens is 1. The van der Waals surface area contributed by atoms with Gasteiger partial charge in [-0.05, 0) is 61.2 Å². The van der Waals surface area contributed by atoms with E-state index in [0.29, 0.717) is 62.8 Å². The van der Waals surface area contributed by atoms with Crippen molar-refractivity contribution in [3.05, 3.63) is 70.6 Å². The number of unbranched alkanes of at least 4 members (excludes halogenated alkanes) is 1. The second-order valence-corrected chi connectivity index (χ2v) is 10.3. The lowest BCUT2D eigenvalue weighted by Crippen LogP contribution is -2.20. The first-order valence-electron chi connectivity index (χ1n) is 12.7. The molecule has 0 aliphatic heterocycles. The van der Waals surface area contributed by atoms with Gasteiger partial charge in [0.15, 0.2) is 0 Å². The molecule has 0 fully saturated rings. The predicted octanol–water partition coefficient (Wildman–Crippen LogP) is 6.38. The molecule has 39 heavy (non-hydrogen) atoms. The van der Waals surface area contributed by atoms with E-state index >= 15 is 0 Å². The van der Waals surface area contributed by atoms with Crippen molar-refractivity contribution in [3.63, 3.8) is 0 Å². The molecule has 0 bridgehead atoms. The van der Waals surface area contributed by atoms with E-state index in [4.69, 9.17) is 21.1 Å². The van der Waals surface area contributed by atoms with Gasteiger partial charge in [0.05, 0.1) is 16.9 Å². The molecule has 0 saturated heterocycles. The van der Waals surface area contributed by atoms with E-state index in [2.05, 4.69) is 10.3 Å². The van der Waals surface area contributed by atoms with Crippen molar-refractivity contribution >= 4 is 45.2 Å². The van der Waals surface area contributed by atoms with Crippen LogP contribution in [0.5, 0.6) is 0 Å². The Morgan fingerprint density at radius 2 is 1.85 bits per heavy atom. The number of rotatable bonds is 9. The highest BCUT2D eigenvalue weighted by Gasteiger charge is 2.25. The van der Waals surface area contributed by atoms with Crippen LogP contribution in [0.2, 0.25) is 5.15 Å². The average molecular weight is 574 g/mol. The van der Waals surface area contributed by atoms with Crippen LogP contribution in [0.4, 0.5) is 10.1 Å². The molecule has 4 rings (SSSR count). The summed E-state index contributed by atoms with van der Waals surface area (Å²) in [5, 5.41) is 12.6. The zero-order chi connectivity index (χ0) is 28.7. The molecule has 1 unspecified atom stereocenters. The minimum Gasteiger partial charge on any atom is -0.455 e. The van der Waals surface area contributed by atoms with Crippen LogP contribution >= 0.6 is 11.6 Å². The molecule has 0 radical (unpaired) electrons. The van der Waals surface area contributed by atoms with Gasteiger partial charge in [0.1, 0.15) is 33.3 Å². The van der Waals surface area contributed by atoms with Gasteiger partial charge in [-0.2, -0.15) is 0 Å². The minimum absolute atomic E-state index is 0.116. The predicted molar refractivity (Wildman–Crippen MR) is 157 cm³/mol. The summed E-state index contributed by atoms with van der Waals surface area (Å²) in [4.78, 5) is 17.6. The number of aliphatic hydroxyl groups excluding tert-OH is 1. The zero-order valence-corrected chi connectivity index (χ0v) is 24.3. The maximum Gasteiger partial charge on any atom is 0.255 e. The molecule has 1 atom stereocenters. The fourth-order valence-electron chi connectivity index (χ4n) is 4.12. The molecule has 4 aromatic rings. The normalized spacial score (nSPS) is 11.6. The molecule has 7 nitrogen and oxygen atoms in total. The molecule has 1 amide bonds. The van der Waals surface area contributed by atoms with Crippen molar-refractivity contribution in [3.8, 4) is 22.6 Å². The second kappa shape index (κ2) is 13.7. The maximum atomic E-state index is 13.6. The van der Waals surface area contributed by atoms with Gasteiger partial charge in [-0.15, -0.1) is 0 Å². The molecule has 10 heteroatoms. The summed E-state index contributed by atoms with van der Waals surface area (Å²) in [6, 6.07) is 12.9. The minimum atomic E-state index is -1.36. The number of carbonyl (C=O) groups excluding carboxylic acids is 1. The smallest absolute Gasteiger partial charge is 0.255 e. The number of furan rings is 1. The van der Waals surface area contributed by atoms with Crippen LogP contribution in [0, 0.1) is 5.82 Å². The molecule has 0 saturated carbocycles. The third-order valence-electron chi connectivity index (χ3n) is 6.15. The van der Waals surface area contributed by atoms with Crippen LogP contribution in [-0.2, 0) is 17.4 Å². The van der Waals surface area contributed by atoms with Crippen LogP contribution in [-0.4, -0.2) is 47.2 Å². The fourth-order valence-corrected chi connectivity index (χ4v) is 4.79. The number of hydrogen-bond donors (Lipinski definition) is 2. The van der Waals surface area contributed by atoms with Gasteiger partial charge < -0.3 is 14.8 Å². The molecule has 2 aromatic heterocycles. The van der Waals surface area contributed by atoms with Crippen molar-refractivity contribution in [1.29, 1.82) is 0 Å². The Morgan fingerprint density at radius 3 is 2.44 bits per heavy atom. The molecular formula is C29H33ClFN3O4S. The first-order chi connectivity index (χ1) is 18.7. The number of carbonyl (C=O) groups is 1. The Morgan fingerprint density at radius 1 is 1.15 bits per heavy atom. The van der Waals surface area contributed by atoms with Crippen molar-refractivity contribution in [2.24, 2.45) is 0 Å². The van der Waals surface area contributed by atoms with E-state index in [9.17, 15) is 13.4 Å². The van der Waals surface area contributed by atoms with Gasteiger partial charge in [-0.3, -0.25) is 9.10 Å². The van der Waals surface area contributed by atoms with E-state index in [1.807, 2.05) is 26.0 Å². The Kier molecular flexibility index (Phi) is 10.6. The van der Waals surface area contributed by atoms with Gasteiger partial charge in [-0.1, -0.05) is 31.5 Å². The number of nitrogens with zero attached hydrogens (tertiary/aromatic N) is 2. The number of benzene rings is 2. The Bertz CT molecular complexity index is 1470.